The van der Waals surface area contributed by atoms with Crippen LogP contribution < -0.4 is 0 Å². The predicted octanol–water partition coefficient (Wildman–Crippen LogP) is 2.86. The van der Waals surface area contributed by atoms with Gasteiger partial charge in [-0.05, 0) is 56.0 Å². The lowest BCUT2D eigenvalue weighted by atomic mass is 9.96. The molecule has 1 rings (SSSR count). The molecule has 0 aliphatic heterocycles. The van der Waals surface area contributed by atoms with E-state index in [1.165, 1.54) is 5.56 Å². The maximum absolute atomic E-state index is 9.99. The normalized spacial score (nSPS) is 14.1. The van der Waals surface area contributed by atoms with Crippen molar-refractivity contribution in [3.05, 3.63) is 22.4 Å². The molecule has 0 amide bonds. The van der Waals surface area contributed by atoms with Crippen LogP contribution in [0.1, 0.15) is 32.8 Å². The van der Waals surface area contributed by atoms with Crippen molar-refractivity contribution >= 4 is 11.3 Å². The molecule has 0 bridgehead atoms. The average molecular weight is 228 g/mol. The van der Waals surface area contributed by atoms with E-state index in [2.05, 4.69) is 16.8 Å². The van der Waals surface area contributed by atoms with Crippen LogP contribution in [0.5, 0.6) is 0 Å². The third-order valence-corrected chi connectivity index (χ3v) is 3.34. The topological polar surface area (TPSA) is 29.5 Å². The second-order valence-corrected chi connectivity index (χ2v) is 5.00. The van der Waals surface area contributed by atoms with Gasteiger partial charge in [0.2, 0.25) is 0 Å². The lowest BCUT2D eigenvalue weighted by molar-refractivity contribution is -0.0984. The quantitative estimate of drug-likeness (QED) is 0.811. The van der Waals surface area contributed by atoms with Gasteiger partial charge in [0.25, 0.3) is 0 Å². The number of hydrogen-bond acceptors (Lipinski definition) is 3. The van der Waals surface area contributed by atoms with Gasteiger partial charge in [-0.1, -0.05) is 0 Å². The summed E-state index contributed by atoms with van der Waals surface area (Å²) in [5.74, 6) is 0. The van der Waals surface area contributed by atoms with Gasteiger partial charge >= 0.3 is 0 Å². The van der Waals surface area contributed by atoms with Crippen molar-refractivity contribution in [1.29, 1.82) is 0 Å². The molecule has 1 heterocycles. The van der Waals surface area contributed by atoms with Crippen molar-refractivity contribution in [2.24, 2.45) is 0 Å². The first-order valence-corrected chi connectivity index (χ1v) is 6.33. The summed E-state index contributed by atoms with van der Waals surface area (Å²) in [7, 11) is 0. The summed E-state index contributed by atoms with van der Waals surface area (Å²) >= 11 is 1.70. The Labute approximate surface area is 95.9 Å². The second-order valence-electron chi connectivity index (χ2n) is 4.22. The first kappa shape index (κ1) is 12.7. The van der Waals surface area contributed by atoms with Crippen molar-refractivity contribution in [2.45, 2.75) is 45.3 Å². The maximum Gasteiger partial charge on any atom is 0.0884 e. The Hall–Kier alpha value is -0.380. The number of aliphatic hydroxyl groups is 1. The van der Waals surface area contributed by atoms with Gasteiger partial charge in [-0.3, -0.25) is 0 Å². The monoisotopic (exact) mass is 228 g/mol. The molecule has 0 fully saturated rings. The van der Waals surface area contributed by atoms with Gasteiger partial charge in [-0.25, -0.2) is 0 Å². The highest BCUT2D eigenvalue weighted by Crippen LogP contribution is 2.20. The van der Waals surface area contributed by atoms with E-state index in [1.54, 1.807) is 11.3 Å². The molecule has 1 aromatic rings. The third kappa shape index (κ3) is 3.93. The number of aliphatic hydroxyl groups excluding tert-OH is 1. The minimum absolute atomic E-state index is 0.405. The number of thiophene rings is 1. The summed E-state index contributed by atoms with van der Waals surface area (Å²) in [5, 5.41) is 14.2. The summed E-state index contributed by atoms with van der Waals surface area (Å²) in [6, 6.07) is 2.10. The zero-order chi connectivity index (χ0) is 11.3. The highest BCUT2D eigenvalue weighted by Gasteiger charge is 2.27. The van der Waals surface area contributed by atoms with Gasteiger partial charge in [0.05, 0.1) is 11.7 Å². The molecule has 86 valence electrons. The summed E-state index contributed by atoms with van der Waals surface area (Å²) in [4.78, 5) is 0. The largest absolute Gasteiger partial charge is 0.390 e. The Bertz CT molecular complexity index is 267. The van der Waals surface area contributed by atoms with E-state index in [1.807, 2.05) is 20.8 Å². The molecule has 0 saturated heterocycles. The fourth-order valence-electron chi connectivity index (χ4n) is 1.55. The predicted molar refractivity (Wildman–Crippen MR) is 64.4 cm³/mol. The minimum atomic E-state index is -0.440. The van der Waals surface area contributed by atoms with Gasteiger partial charge < -0.3 is 9.84 Å². The van der Waals surface area contributed by atoms with Gasteiger partial charge in [-0.15, -0.1) is 0 Å². The Morgan fingerprint density at radius 2 is 2.27 bits per heavy atom. The lowest BCUT2D eigenvalue weighted by Gasteiger charge is -2.30. The molecule has 0 aromatic carbocycles. The van der Waals surface area contributed by atoms with E-state index >= 15 is 0 Å². The molecule has 1 atom stereocenters. The highest BCUT2D eigenvalue weighted by molar-refractivity contribution is 7.07. The van der Waals surface area contributed by atoms with Gasteiger partial charge in [0, 0.05) is 6.61 Å². The Morgan fingerprint density at radius 3 is 2.80 bits per heavy atom. The standard InChI is InChI=1S/C12H20O2S/c1-4-14-12(2,3)11(13)6-5-10-7-8-15-9-10/h7-9,11,13H,4-6H2,1-3H3. The van der Waals surface area contributed by atoms with Crippen LogP contribution in [0.25, 0.3) is 0 Å². The van der Waals surface area contributed by atoms with Crippen molar-refractivity contribution in [3.63, 3.8) is 0 Å². The van der Waals surface area contributed by atoms with Crippen LogP contribution in [0.3, 0.4) is 0 Å². The Balaban J connectivity index is 2.38. The Kier molecular flexibility index (Phi) is 4.77. The molecule has 3 heteroatoms. The SMILES string of the molecule is CCOC(C)(C)C(O)CCc1ccsc1. The lowest BCUT2D eigenvalue weighted by Crippen LogP contribution is -2.39. The fourth-order valence-corrected chi connectivity index (χ4v) is 2.26. The van der Waals surface area contributed by atoms with E-state index in [0.717, 1.165) is 12.8 Å². The molecule has 0 radical (unpaired) electrons. The van der Waals surface area contributed by atoms with Gasteiger partial charge in [-0.2, -0.15) is 11.3 Å². The van der Waals surface area contributed by atoms with Crippen LogP contribution in [-0.4, -0.2) is 23.4 Å². The van der Waals surface area contributed by atoms with E-state index in [0.29, 0.717) is 6.61 Å². The van der Waals surface area contributed by atoms with E-state index < -0.39 is 11.7 Å². The molecular weight excluding hydrogens is 208 g/mol. The first-order valence-electron chi connectivity index (χ1n) is 5.39. The molecule has 15 heavy (non-hydrogen) atoms. The minimum Gasteiger partial charge on any atom is -0.390 e. The highest BCUT2D eigenvalue weighted by atomic mass is 32.1. The number of ether oxygens (including phenoxy) is 1. The molecule has 1 unspecified atom stereocenters. The van der Waals surface area contributed by atoms with Crippen LogP contribution in [-0.2, 0) is 11.2 Å². The van der Waals surface area contributed by atoms with E-state index in [-0.39, 0.29) is 0 Å². The number of hydrogen-bond donors (Lipinski definition) is 1. The maximum atomic E-state index is 9.99. The van der Waals surface area contributed by atoms with Gasteiger partial charge in [0.1, 0.15) is 0 Å². The molecule has 0 aliphatic rings. The fraction of sp³-hybridized carbons (Fsp3) is 0.667. The number of rotatable bonds is 6. The molecular formula is C12H20O2S. The summed E-state index contributed by atoms with van der Waals surface area (Å²) in [6.07, 6.45) is 1.27. The van der Waals surface area contributed by atoms with Crippen LogP contribution in [0.4, 0.5) is 0 Å². The molecule has 0 aliphatic carbocycles. The summed E-state index contributed by atoms with van der Waals surface area (Å²) in [6.45, 7) is 6.47. The zero-order valence-corrected chi connectivity index (χ0v) is 10.5. The molecule has 0 saturated carbocycles. The zero-order valence-electron chi connectivity index (χ0n) is 9.69. The molecule has 2 nitrogen and oxygen atoms in total. The summed E-state index contributed by atoms with van der Waals surface area (Å²) in [5.41, 5.74) is 0.858. The number of aryl methyl sites for hydroxylation is 1. The smallest absolute Gasteiger partial charge is 0.0884 e. The molecule has 0 spiro atoms. The van der Waals surface area contributed by atoms with Crippen molar-refractivity contribution in [3.8, 4) is 0 Å². The van der Waals surface area contributed by atoms with Crippen LogP contribution >= 0.6 is 11.3 Å². The average Bonchev–Trinajstić information content (AvgIpc) is 2.66. The van der Waals surface area contributed by atoms with Crippen molar-refractivity contribution in [1.82, 2.24) is 0 Å². The third-order valence-electron chi connectivity index (χ3n) is 2.61. The van der Waals surface area contributed by atoms with Crippen LogP contribution in [0.15, 0.2) is 16.8 Å². The van der Waals surface area contributed by atoms with Crippen molar-refractivity contribution < 1.29 is 9.84 Å². The molecule has 1 aromatic heterocycles. The van der Waals surface area contributed by atoms with Gasteiger partial charge in [0.15, 0.2) is 0 Å². The van der Waals surface area contributed by atoms with Crippen LogP contribution in [0, 0.1) is 0 Å². The first-order chi connectivity index (χ1) is 7.06. The van der Waals surface area contributed by atoms with E-state index in [4.69, 9.17) is 4.74 Å². The summed E-state index contributed by atoms with van der Waals surface area (Å²) < 4.78 is 5.51. The van der Waals surface area contributed by atoms with Crippen molar-refractivity contribution in [2.75, 3.05) is 6.61 Å². The van der Waals surface area contributed by atoms with Crippen LogP contribution in [0.2, 0.25) is 0 Å². The second kappa shape index (κ2) is 5.64. The Morgan fingerprint density at radius 1 is 1.53 bits per heavy atom. The van der Waals surface area contributed by atoms with E-state index in [9.17, 15) is 5.11 Å². The molecule has 1 N–H and O–H groups in total.